The zero-order chi connectivity index (χ0) is 17.6. The lowest BCUT2D eigenvalue weighted by molar-refractivity contribution is 0.187. The summed E-state index contributed by atoms with van der Waals surface area (Å²) in [5, 5.41) is 2.61. The Morgan fingerprint density at radius 3 is 2.54 bits per heavy atom. The van der Waals surface area contributed by atoms with E-state index in [0.29, 0.717) is 5.69 Å². The zero-order valence-electron chi connectivity index (χ0n) is 14.3. The van der Waals surface area contributed by atoms with Crippen molar-refractivity contribution in [3.05, 3.63) is 72.2 Å². The van der Waals surface area contributed by atoms with E-state index in [9.17, 15) is 4.79 Å². The zero-order valence-corrected chi connectivity index (χ0v) is 15.1. The minimum atomic E-state index is -0.497. The van der Waals surface area contributed by atoms with E-state index in [1.165, 1.54) is 12.7 Å². The van der Waals surface area contributed by atoms with Gasteiger partial charge in [-0.1, -0.05) is 42.5 Å². The van der Waals surface area contributed by atoms with Crippen LogP contribution in [0, 0.1) is 0 Å². The molecule has 4 N–H and O–H groups in total. The van der Waals surface area contributed by atoms with Gasteiger partial charge in [-0.3, -0.25) is 5.32 Å². The first-order valence-corrected chi connectivity index (χ1v) is 7.95. The molecule has 0 aliphatic heterocycles. The third kappa shape index (κ3) is 4.84. The summed E-state index contributed by atoms with van der Waals surface area (Å²) in [6, 6.07) is 17.3. The number of rotatable bonds is 5. The summed E-state index contributed by atoms with van der Waals surface area (Å²) in [5.41, 5.74) is 9.93. The number of nitrogens with one attached hydrogen (secondary N) is 2. The molecular formula is C19H21ClN4O2. The Morgan fingerprint density at radius 1 is 1.19 bits per heavy atom. The van der Waals surface area contributed by atoms with Crippen LogP contribution in [0.25, 0.3) is 11.3 Å². The van der Waals surface area contributed by atoms with Crippen LogP contribution >= 0.6 is 12.4 Å². The van der Waals surface area contributed by atoms with Gasteiger partial charge < -0.3 is 15.5 Å². The SMILES string of the molecule is COC(=O)Nc1ccc(-c2cnc([C@@H](N)Cc3ccccc3)[nH]2)cc1.Cl. The summed E-state index contributed by atoms with van der Waals surface area (Å²) in [4.78, 5) is 18.9. The van der Waals surface area contributed by atoms with Gasteiger partial charge in [-0.05, 0) is 29.7 Å². The molecule has 3 aromatic rings. The topological polar surface area (TPSA) is 93.0 Å². The Hall–Kier alpha value is -2.83. The average Bonchev–Trinajstić information content (AvgIpc) is 3.13. The fourth-order valence-electron chi connectivity index (χ4n) is 2.54. The highest BCUT2D eigenvalue weighted by atomic mass is 35.5. The van der Waals surface area contributed by atoms with Crippen molar-refractivity contribution in [3.63, 3.8) is 0 Å². The smallest absolute Gasteiger partial charge is 0.411 e. The van der Waals surface area contributed by atoms with Crippen LogP contribution in [-0.4, -0.2) is 23.2 Å². The predicted molar refractivity (Wildman–Crippen MR) is 104 cm³/mol. The van der Waals surface area contributed by atoms with Gasteiger partial charge in [0.2, 0.25) is 0 Å². The van der Waals surface area contributed by atoms with Crippen LogP contribution < -0.4 is 11.1 Å². The molecule has 0 bridgehead atoms. The molecule has 26 heavy (non-hydrogen) atoms. The first-order chi connectivity index (χ1) is 12.2. The fraction of sp³-hybridized carbons (Fsp3) is 0.158. The van der Waals surface area contributed by atoms with E-state index in [2.05, 4.69) is 32.2 Å². The number of methoxy groups -OCH3 is 1. The molecule has 0 unspecified atom stereocenters. The van der Waals surface area contributed by atoms with Crippen LogP contribution in [-0.2, 0) is 11.2 Å². The number of hydrogen-bond donors (Lipinski definition) is 3. The molecule has 0 aliphatic carbocycles. The molecule has 6 nitrogen and oxygen atoms in total. The van der Waals surface area contributed by atoms with Crippen LogP contribution in [0.4, 0.5) is 10.5 Å². The molecule has 1 amide bonds. The van der Waals surface area contributed by atoms with Crippen molar-refractivity contribution in [2.24, 2.45) is 5.73 Å². The van der Waals surface area contributed by atoms with E-state index in [0.717, 1.165) is 23.5 Å². The number of aromatic nitrogens is 2. The number of carbonyl (C=O) groups excluding carboxylic acids is 1. The predicted octanol–water partition coefficient (Wildman–Crippen LogP) is 3.92. The average molecular weight is 373 g/mol. The molecule has 0 fully saturated rings. The molecule has 2 aromatic carbocycles. The van der Waals surface area contributed by atoms with Gasteiger partial charge in [-0.2, -0.15) is 0 Å². The standard InChI is InChI=1S/C19H20N4O2.ClH/c1-25-19(24)22-15-9-7-14(8-10-15)17-12-21-18(23-17)16(20)11-13-5-3-2-4-6-13;/h2-10,12,16H,11,20H2,1H3,(H,21,23)(H,22,24);1H/t16-;/m0./s1. The highest BCUT2D eigenvalue weighted by molar-refractivity contribution is 5.85. The summed E-state index contributed by atoms with van der Waals surface area (Å²) in [7, 11) is 1.33. The Balaban J connectivity index is 0.00000243. The molecule has 0 saturated heterocycles. The van der Waals surface area contributed by atoms with Gasteiger partial charge in [-0.25, -0.2) is 9.78 Å². The van der Waals surface area contributed by atoms with E-state index in [4.69, 9.17) is 5.73 Å². The second-order valence-electron chi connectivity index (χ2n) is 5.67. The fourth-order valence-corrected chi connectivity index (χ4v) is 2.54. The molecule has 1 atom stereocenters. The number of imidazole rings is 1. The van der Waals surface area contributed by atoms with Gasteiger partial charge >= 0.3 is 6.09 Å². The number of nitrogens with two attached hydrogens (primary N) is 1. The third-order valence-corrected chi connectivity index (χ3v) is 3.87. The highest BCUT2D eigenvalue weighted by Gasteiger charge is 2.12. The van der Waals surface area contributed by atoms with E-state index in [1.54, 1.807) is 18.3 Å². The molecule has 3 rings (SSSR count). The highest BCUT2D eigenvalue weighted by Crippen LogP contribution is 2.22. The quantitative estimate of drug-likeness (QED) is 0.632. The molecule has 0 radical (unpaired) electrons. The number of benzene rings is 2. The van der Waals surface area contributed by atoms with Crippen LogP contribution in [0.5, 0.6) is 0 Å². The number of carbonyl (C=O) groups is 1. The molecule has 1 aromatic heterocycles. The maximum atomic E-state index is 11.2. The second-order valence-corrected chi connectivity index (χ2v) is 5.67. The number of aromatic amines is 1. The lowest BCUT2D eigenvalue weighted by atomic mass is 10.1. The summed E-state index contributed by atoms with van der Waals surface area (Å²) < 4.78 is 4.57. The Labute approximate surface area is 158 Å². The maximum absolute atomic E-state index is 11.2. The number of anilines is 1. The number of amides is 1. The summed E-state index contributed by atoms with van der Waals surface area (Å²) >= 11 is 0. The lowest BCUT2D eigenvalue weighted by Gasteiger charge is -2.09. The number of ether oxygens (including phenoxy) is 1. The van der Waals surface area contributed by atoms with Crippen molar-refractivity contribution in [3.8, 4) is 11.3 Å². The minimum absolute atomic E-state index is 0. The molecular weight excluding hydrogens is 352 g/mol. The van der Waals surface area contributed by atoms with E-state index in [-0.39, 0.29) is 18.4 Å². The van der Waals surface area contributed by atoms with E-state index in [1.807, 2.05) is 30.3 Å². The molecule has 7 heteroatoms. The first-order valence-electron chi connectivity index (χ1n) is 7.95. The second kappa shape index (κ2) is 9.03. The van der Waals surface area contributed by atoms with Crippen molar-refractivity contribution in [1.82, 2.24) is 9.97 Å². The van der Waals surface area contributed by atoms with Gasteiger partial charge in [0.05, 0.1) is 25.0 Å². The maximum Gasteiger partial charge on any atom is 0.411 e. The Bertz CT molecular complexity index is 834. The minimum Gasteiger partial charge on any atom is -0.453 e. The van der Waals surface area contributed by atoms with Gasteiger partial charge in [0.1, 0.15) is 5.82 Å². The number of halogens is 1. The number of H-pyrrole nitrogens is 1. The molecule has 0 aliphatic rings. The summed E-state index contributed by atoms with van der Waals surface area (Å²) in [6.07, 6.45) is 1.99. The van der Waals surface area contributed by atoms with Gasteiger partial charge in [0, 0.05) is 5.69 Å². The number of nitrogens with zero attached hydrogens (tertiary/aromatic N) is 1. The Morgan fingerprint density at radius 2 is 1.88 bits per heavy atom. The molecule has 0 spiro atoms. The van der Waals surface area contributed by atoms with Gasteiger partial charge in [-0.15, -0.1) is 12.4 Å². The van der Waals surface area contributed by atoms with Crippen molar-refractivity contribution in [1.29, 1.82) is 0 Å². The van der Waals surface area contributed by atoms with Gasteiger partial charge in [0.25, 0.3) is 0 Å². The lowest BCUT2D eigenvalue weighted by Crippen LogP contribution is -2.14. The summed E-state index contributed by atoms with van der Waals surface area (Å²) in [5.74, 6) is 0.746. The van der Waals surface area contributed by atoms with Crippen molar-refractivity contribution in [2.75, 3.05) is 12.4 Å². The van der Waals surface area contributed by atoms with Gasteiger partial charge in [0.15, 0.2) is 0 Å². The normalized spacial score (nSPS) is 11.3. The van der Waals surface area contributed by atoms with E-state index < -0.39 is 6.09 Å². The van der Waals surface area contributed by atoms with Crippen LogP contribution in [0.3, 0.4) is 0 Å². The van der Waals surface area contributed by atoms with E-state index >= 15 is 0 Å². The van der Waals surface area contributed by atoms with Crippen LogP contribution in [0.1, 0.15) is 17.4 Å². The first kappa shape index (κ1) is 19.5. The third-order valence-electron chi connectivity index (χ3n) is 3.87. The largest absolute Gasteiger partial charge is 0.453 e. The molecule has 136 valence electrons. The summed E-state index contributed by atoms with van der Waals surface area (Å²) in [6.45, 7) is 0. The van der Waals surface area contributed by atoms with Crippen molar-refractivity contribution in [2.45, 2.75) is 12.5 Å². The Kier molecular flexibility index (Phi) is 6.77. The van der Waals surface area contributed by atoms with Crippen LogP contribution in [0.2, 0.25) is 0 Å². The van der Waals surface area contributed by atoms with Crippen LogP contribution in [0.15, 0.2) is 60.8 Å². The molecule has 0 saturated carbocycles. The van der Waals surface area contributed by atoms with Crippen molar-refractivity contribution < 1.29 is 9.53 Å². The molecule has 1 heterocycles. The monoisotopic (exact) mass is 372 g/mol. The number of hydrogen-bond acceptors (Lipinski definition) is 4. The van der Waals surface area contributed by atoms with Crippen molar-refractivity contribution >= 4 is 24.2 Å².